The Labute approximate surface area is 125 Å². The maximum atomic E-state index is 12.5. The van der Waals surface area contributed by atoms with E-state index in [2.05, 4.69) is 16.0 Å². The largest absolute Gasteiger partial charge is 0.380 e. The van der Waals surface area contributed by atoms with Crippen molar-refractivity contribution in [3.05, 3.63) is 35.4 Å². The predicted octanol–water partition coefficient (Wildman–Crippen LogP) is 1.89. The summed E-state index contributed by atoms with van der Waals surface area (Å²) in [4.78, 5) is 12.5. The highest BCUT2D eigenvalue weighted by atomic mass is 16.1. The SMILES string of the molecule is O=C(NC1CC2CCC(C1)N2)C1=Cc2ccccc2NC1. The van der Waals surface area contributed by atoms with Crippen LogP contribution in [0.4, 0.5) is 5.69 Å². The summed E-state index contributed by atoms with van der Waals surface area (Å²) >= 11 is 0. The zero-order chi connectivity index (χ0) is 14.2. The minimum atomic E-state index is 0.0864. The van der Waals surface area contributed by atoms with Gasteiger partial charge in [-0.1, -0.05) is 18.2 Å². The number of carbonyl (C=O) groups is 1. The van der Waals surface area contributed by atoms with E-state index in [9.17, 15) is 4.79 Å². The normalized spacial score (nSPS) is 30.1. The smallest absolute Gasteiger partial charge is 0.249 e. The molecule has 1 amide bonds. The third-order valence-corrected chi connectivity index (χ3v) is 4.86. The van der Waals surface area contributed by atoms with Crippen molar-refractivity contribution in [3.63, 3.8) is 0 Å². The number of para-hydroxylation sites is 1. The van der Waals surface area contributed by atoms with E-state index < -0.39 is 0 Å². The first kappa shape index (κ1) is 12.9. The summed E-state index contributed by atoms with van der Waals surface area (Å²) < 4.78 is 0. The Hall–Kier alpha value is -1.81. The lowest BCUT2D eigenvalue weighted by Gasteiger charge is -2.30. The van der Waals surface area contributed by atoms with Gasteiger partial charge in [0, 0.05) is 35.9 Å². The van der Waals surface area contributed by atoms with Crippen LogP contribution in [0.2, 0.25) is 0 Å². The van der Waals surface area contributed by atoms with Crippen LogP contribution < -0.4 is 16.0 Å². The number of hydrogen-bond acceptors (Lipinski definition) is 3. The summed E-state index contributed by atoms with van der Waals surface area (Å²) in [5, 5.41) is 10.2. The first-order valence-corrected chi connectivity index (χ1v) is 7.88. The molecule has 0 aliphatic carbocycles. The fourth-order valence-corrected chi connectivity index (χ4v) is 3.81. The molecule has 21 heavy (non-hydrogen) atoms. The molecule has 3 aliphatic rings. The monoisotopic (exact) mass is 283 g/mol. The molecule has 4 rings (SSSR count). The van der Waals surface area contributed by atoms with E-state index >= 15 is 0 Å². The van der Waals surface area contributed by atoms with E-state index in [-0.39, 0.29) is 5.91 Å². The van der Waals surface area contributed by atoms with Crippen molar-refractivity contribution in [2.24, 2.45) is 0 Å². The molecular weight excluding hydrogens is 262 g/mol. The van der Waals surface area contributed by atoms with Gasteiger partial charge in [0.2, 0.25) is 5.91 Å². The van der Waals surface area contributed by atoms with Crippen molar-refractivity contribution >= 4 is 17.7 Å². The lowest BCUT2D eigenvalue weighted by atomic mass is 9.98. The molecule has 0 aromatic heterocycles. The van der Waals surface area contributed by atoms with Gasteiger partial charge in [0.25, 0.3) is 0 Å². The van der Waals surface area contributed by atoms with Crippen molar-refractivity contribution in [1.29, 1.82) is 0 Å². The number of nitrogens with one attached hydrogen (secondary N) is 3. The van der Waals surface area contributed by atoms with Crippen molar-refractivity contribution < 1.29 is 4.79 Å². The molecule has 0 spiro atoms. The number of rotatable bonds is 2. The van der Waals surface area contributed by atoms with E-state index in [0.29, 0.717) is 24.7 Å². The van der Waals surface area contributed by atoms with Crippen LogP contribution in [0.15, 0.2) is 29.8 Å². The van der Waals surface area contributed by atoms with Crippen LogP contribution >= 0.6 is 0 Å². The molecule has 110 valence electrons. The van der Waals surface area contributed by atoms with Gasteiger partial charge in [0.05, 0.1) is 0 Å². The van der Waals surface area contributed by atoms with Crippen LogP contribution in [0.25, 0.3) is 6.08 Å². The number of fused-ring (bicyclic) bond motifs is 3. The number of piperidine rings is 1. The molecule has 2 bridgehead atoms. The molecule has 3 heterocycles. The van der Waals surface area contributed by atoms with Crippen molar-refractivity contribution in [3.8, 4) is 0 Å². The van der Waals surface area contributed by atoms with Crippen LogP contribution in [0.3, 0.4) is 0 Å². The van der Waals surface area contributed by atoms with Gasteiger partial charge in [0.1, 0.15) is 0 Å². The summed E-state index contributed by atoms with van der Waals surface area (Å²) in [5.74, 6) is 0.0864. The zero-order valence-electron chi connectivity index (χ0n) is 12.1. The number of hydrogen-bond donors (Lipinski definition) is 3. The van der Waals surface area contributed by atoms with Crippen LogP contribution in [0, 0.1) is 0 Å². The molecule has 1 aromatic carbocycles. The fraction of sp³-hybridized carbons (Fsp3) is 0.471. The van der Waals surface area contributed by atoms with Gasteiger partial charge < -0.3 is 16.0 Å². The fourth-order valence-electron chi connectivity index (χ4n) is 3.81. The van der Waals surface area contributed by atoms with Gasteiger partial charge in [-0.25, -0.2) is 0 Å². The maximum Gasteiger partial charge on any atom is 0.249 e. The van der Waals surface area contributed by atoms with Gasteiger partial charge in [-0.15, -0.1) is 0 Å². The first-order chi connectivity index (χ1) is 10.3. The molecule has 0 saturated carbocycles. The van der Waals surface area contributed by atoms with E-state index in [1.54, 1.807) is 0 Å². The average molecular weight is 283 g/mol. The van der Waals surface area contributed by atoms with E-state index in [0.717, 1.165) is 29.7 Å². The third-order valence-electron chi connectivity index (χ3n) is 4.86. The summed E-state index contributed by atoms with van der Waals surface area (Å²) in [6, 6.07) is 9.64. The molecule has 3 aliphatic heterocycles. The number of anilines is 1. The van der Waals surface area contributed by atoms with Gasteiger partial charge in [-0.3, -0.25) is 4.79 Å². The van der Waals surface area contributed by atoms with Gasteiger partial charge >= 0.3 is 0 Å². The molecule has 0 radical (unpaired) electrons. The molecule has 4 nitrogen and oxygen atoms in total. The van der Waals surface area contributed by atoms with Crippen molar-refractivity contribution in [1.82, 2.24) is 10.6 Å². The molecule has 2 saturated heterocycles. The Balaban J connectivity index is 1.45. The summed E-state index contributed by atoms with van der Waals surface area (Å²) in [5.41, 5.74) is 3.04. The molecule has 3 N–H and O–H groups in total. The highest BCUT2D eigenvalue weighted by Crippen LogP contribution is 2.27. The Morgan fingerprint density at radius 3 is 2.71 bits per heavy atom. The minimum absolute atomic E-state index is 0.0864. The molecule has 2 fully saturated rings. The Morgan fingerprint density at radius 2 is 1.90 bits per heavy atom. The number of amides is 1. The highest BCUT2D eigenvalue weighted by Gasteiger charge is 2.34. The quantitative estimate of drug-likeness (QED) is 0.777. The van der Waals surface area contributed by atoms with Gasteiger partial charge in [-0.05, 0) is 43.4 Å². The number of carbonyl (C=O) groups excluding carboxylic acids is 1. The molecular formula is C17H21N3O. The summed E-state index contributed by atoms with van der Waals surface area (Å²) in [7, 11) is 0. The first-order valence-electron chi connectivity index (χ1n) is 7.88. The molecule has 2 unspecified atom stereocenters. The van der Waals surface area contributed by atoms with Crippen LogP contribution in [-0.2, 0) is 4.79 Å². The Morgan fingerprint density at radius 1 is 1.14 bits per heavy atom. The van der Waals surface area contributed by atoms with Gasteiger partial charge in [0.15, 0.2) is 0 Å². The Bertz CT molecular complexity index is 583. The summed E-state index contributed by atoms with van der Waals surface area (Å²) in [6.45, 7) is 0.612. The highest BCUT2D eigenvalue weighted by molar-refractivity contribution is 6.00. The van der Waals surface area contributed by atoms with E-state index in [1.165, 1.54) is 12.8 Å². The maximum absolute atomic E-state index is 12.5. The topological polar surface area (TPSA) is 53.2 Å². The second kappa shape index (κ2) is 5.19. The lowest BCUT2D eigenvalue weighted by Crippen LogP contribution is -2.48. The van der Waals surface area contributed by atoms with Crippen LogP contribution in [0.5, 0.6) is 0 Å². The molecule has 4 heteroatoms. The average Bonchev–Trinajstić information content (AvgIpc) is 2.85. The summed E-state index contributed by atoms with van der Waals surface area (Å²) in [6.07, 6.45) is 6.67. The second-order valence-corrected chi connectivity index (χ2v) is 6.39. The standard InChI is InChI=1S/C17H21N3O/c21-17(20-15-8-13-5-6-14(9-15)19-13)12-7-11-3-1-2-4-16(11)18-10-12/h1-4,7,13-15,18-19H,5-6,8-10H2,(H,20,21). The molecule has 2 atom stereocenters. The Kier molecular flexibility index (Phi) is 3.19. The predicted molar refractivity (Wildman–Crippen MR) is 84.0 cm³/mol. The number of benzene rings is 1. The van der Waals surface area contributed by atoms with Crippen molar-refractivity contribution in [2.75, 3.05) is 11.9 Å². The zero-order valence-corrected chi connectivity index (χ0v) is 12.1. The van der Waals surface area contributed by atoms with Crippen LogP contribution in [-0.4, -0.2) is 30.6 Å². The van der Waals surface area contributed by atoms with Crippen molar-refractivity contribution in [2.45, 2.75) is 43.8 Å². The van der Waals surface area contributed by atoms with E-state index in [4.69, 9.17) is 0 Å². The molecule has 1 aromatic rings. The minimum Gasteiger partial charge on any atom is -0.380 e. The third kappa shape index (κ3) is 2.56. The van der Waals surface area contributed by atoms with Gasteiger partial charge in [-0.2, -0.15) is 0 Å². The second-order valence-electron chi connectivity index (χ2n) is 6.39. The lowest BCUT2D eigenvalue weighted by molar-refractivity contribution is -0.118. The van der Waals surface area contributed by atoms with E-state index in [1.807, 2.05) is 30.3 Å². The van der Waals surface area contributed by atoms with Crippen LogP contribution in [0.1, 0.15) is 31.2 Å².